The van der Waals surface area contributed by atoms with Crippen LogP contribution in [-0.4, -0.2) is 13.0 Å². The summed E-state index contributed by atoms with van der Waals surface area (Å²) in [5.41, 5.74) is 7.51. The SMILES string of the molecule is CN1C(=O)C(N)c2ccc(Sc3cccc(F)c3)cc21. The first-order valence-corrected chi connectivity index (χ1v) is 6.98. The quantitative estimate of drug-likeness (QED) is 0.924. The summed E-state index contributed by atoms with van der Waals surface area (Å²) < 4.78 is 13.2. The molecule has 20 heavy (non-hydrogen) atoms. The summed E-state index contributed by atoms with van der Waals surface area (Å²) >= 11 is 1.45. The van der Waals surface area contributed by atoms with Crippen molar-refractivity contribution in [3.05, 3.63) is 53.8 Å². The van der Waals surface area contributed by atoms with Gasteiger partial charge in [0.05, 0.1) is 0 Å². The van der Waals surface area contributed by atoms with Crippen LogP contribution in [0, 0.1) is 5.82 Å². The Kier molecular flexibility index (Phi) is 3.23. The number of hydrogen-bond acceptors (Lipinski definition) is 3. The second kappa shape index (κ2) is 4.92. The van der Waals surface area contributed by atoms with Crippen molar-refractivity contribution in [2.45, 2.75) is 15.8 Å². The van der Waals surface area contributed by atoms with E-state index in [1.54, 1.807) is 18.0 Å². The predicted molar refractivity (Wildman–Crippen MR) is 77.3 cm³/mol. The fourth-order valence-electron chi connectivity index (χ4n) is 2.27. The van der Waals surface area contributed by atoms with Gasteiger partial charge in [-0.05, 0) is 30.3 Å². The van der Waals surface area contributed by atoms with Crippen LogP contribution in [0.5, 0.6) is 0 Å². The Labute approximate surface area is 120 Å². The van der Waals surface area contributed by atoms with Gasteiger partial charge < -0.3 is 10.6 Å². The molecule has 1 amide bonds. The van der Waals surface area contributed by atoms with E-state index in [0.717, 1.165) is 21.0 Å². The van der Waals surface area contributed by atoms with E-state index in [4.69, 9.17) is 5.73 Å². The third-order valence-electron chi connectivity index (χ3n) is 3.33. The van der Waals surface area contributed by atoms with Gasteiger partial charge in [0.15, 0.2) is 0 Å². The van der Waals surface area contributed by atoms with Crippen LogP contribution >= 0.6 is 11.8 Å². The molecule has 1 unspecified atom stereocenters. The van der Waals surface area contributed by atoms with E-state index in [2.05, 4.69) is 0 Å². The standard InChI is InChI=1S/C15H13FN2OS/c1-18-13-8-11(5-6-12(13)14(17)15(18)19)20-10-4-2-3-9(16)7-10/h2-8,14H,17H2,1H3. The number of fused-ring (bicyclic) bond motifs is 1. The van der Waals surface area contributed by atoms with Crippen molar-refractivity contribution in [2.75, 3.05) is 11.9 Å². The van der Waals surface area contributed by atoms with Gasteiger partial charge in [0.1, 0.15) is 11.9 Å². The molecule has 0 saturated heterocycles. The van der Waals surface area contributed by atoms with Crippen molar-refractivity contribution in [2.24, 2.45) is 5.73 Å². The summed E-state index contributed by atoms with van der Waals surface area (Å²) in [5, 5.41) is 0. The van der Waals surface area contributed by atoms with Gasteiger partial charge in [0, 0.05) is 28.1 Å². The van der Waals surface area contributed by atoms with E-state index >= 15 is 0 Å². The number of nitrogens with two attached hydrogens (primary N) is 1. The largest absolute Gasteiger partial charge is 0.316 e. The summed E-state index contributed by atoms with van der Waals surface area (Å²) in [6.07, 6.45) is 0. The third kappa shape index (κ3) is 2.19. The number of rotatable bonds is 2. The average molecular weight is 288 g/mol. The number of benzene rings is 2. The van der Waals surface area contributed by atoms with Crippen LogP contribution in [0.3, 0.4) is 0 Å². The maximum atomic E-state index is 13.2. The maximum absolute atomic E-state index is 13.2. The van der Waals surface area contributed by atoms with Crippen LogP contribution in [0.15, 0.2) is 52.3 Å². The van der Waals surface area contributed by atoms with E-state index in [-0.39, 0.29) is 11.7 Å². The van der Waals surface area contributed by atoms with Gasteiger partial charge in [-0.25, -0.2) is 4.39 Å². The molecule has 0 radical (unpaired) electrons. The molecule has 3 rings (SSSR count). The highest BCUT2D eigenvalue weighted by molar-refractivity contribution is 7.99. The number of anilines is 1. The molecule has 0 fully saturated rings. The van der Waals surface area contributed by atoms with Crippen molar-refractivity contribution >= 4 is 23.4 Å². The molecule has 0 spiro atoms. The minimum atomic E-state index is -0.580. The lowest BCUT2D eigenvalue weighted by Crippen LogP contribution is -2.27. The van der Waals surface area contributed by atoms with Gasteiger partial charge in [0.25, 0.3) is 0 Å². The lowest BCUT2D eigenvalue weighted by Gasteiger charge is -2.11. The third-order valence-corrected chi connectivity index (χ3v) is 4.31. The van der Waals surface area contributed by atoms with Crippen LogP contribution < -0.4 is 10.6 Å². The minimum Gasteiger partial charge on any atom is -0.316 e. The van der Waals surface area contributed by atoms with Gasteiger partial charge in [-0.1, -0.05) is 23.9 Å². The molecular formula is C15H13FN2OS. The Bertz CT molecular complexity index is 689. The number of likely N-dealkylation sites (N-methyl/N-ethyl adjacent to an activating group) is 1. The van der Waals surface area contributed by atoms with Crippen LogP contribution in [0.4, 0.5) is 10.1 Å². The van der Waals surface area contributed by atoms with E-state index < -0.39 is 6.04 Å². The second-order valence-electron chi connectivity index (χ2n) is 4.65. The summed E-state index contributed by atoms with van der Waals surface area (Å²) in [6, 6.07) is 11.5. The van der Waals surface area contributed by atoms with Crippen molar-refractivity contribution in [1.29, 1.82) is 0 Å². The van der Waals surface area contributed by atoms with Gasteiger partial charge >= 0.3 is 0 Å². The predicted octanol–water partition coefficient (Wildman–Crippen LogP) is 2.95. The first-order chi connectivity index (χ1) is 9.56. The first kappa shape index (κ1) is 13.1. The van der Waals surface area contributed by atoms with E-state index in [1.807, 2.05) is 24.3 Å². The van der Waals surface area contributed by atoms with E-state index in [0.29, 0.717) is 0 Å². The Morgan fingerprint density at radius 3 is 2.70 bits per heavy atom. The lowest BCUT2D eigenvalue weighted by atomic mass is 10.1. The monoisotopic (exact) mass is 288 g/mol. The van der Waals surface area contributed by atoms with Gasteiger partial charge in [-0.15, -0.1) is 0 Å². The van der Waals surface area contributed by atoms with Crippen molar-refractivity contribution in [3.8, 4) is 0 Å². The molecule has 1 aliphatic heterocycles. The molecule has 2 N–H and O–H groups in total. The Morgan fingerprint density at radius 1 is 1.20 bits per heavy atom. The summed E-state index contributed by atoms with van der Waals surface area (Å²) in [4.78, 5) is 15.2. The summed E-state index contributed by atoms with van der Waals surface area (Å²) in [7, 11) is 1.71. The van der Waals surface area contributed by atoms with E-state index in [1.165, 1.54) is 23.9 Å². The molecule has 1 heterocycles. The molecule has 0 aromatic heterocycles. The second-order valence-corrected chi connectivity index (χ2v) is 5.80. The summed E-state index contributed by atoms with van der Waals surface area (Å²) in [6.45, 7) is 0. The molecule has 5 heteroatoms. The van der Waals surface area contributed by atoms with Gasteiger partial charge in [-0.3, -0.25) is 4.79 Å². The Balaban J connectivity index is 1.92. The van der Waals surface area contributed by atoms with Crippen LogP contribution in [0.25, 0.3) is 0 Å². The van der Waals surface area contributed by atoms with E-state index in [9.17, 15) is 9.18 Å². The number of nitrogens with zero attached hydrogens (tertiary/aromatic N) is 1. The highest BCUT2D eigenvalue weighted by atomic mass is 32.2. The Morgan fingerprint density at radius 2 is 1.95 bits per heavy atom. The minimum absolute atomic E-state index is 0.104. The molecule has 3 nitrogen and oxygen atoms in total. The van der Waals surface area contributed by atoms with Gasteiger partial charge in [0.2, 0.25) is 5.91 Å². The highest BCUT2D eigenvalue weighted by Gasteiger charge is 2.32. The van der Waals surface area contributed by atoms with Crippen LogP contribution in [-0.2, 0) is 4.79 Å². The van der Waals surface area contributed by atoms with Crippen LogP contribution in [0.1, 0.15) is 11.6 Å². The highest BCUT2D eigenvalue weighted by Crippen LogP contribution is 2.38. The van der Waals surface area contributed by atoms with Crippen molar-refractivity contribution in [1.82, 2.24) is 0 Å². The van der Waals surface area contributed by atoms with Crippen molar-refractivity contribution in [3.63, 3.8) is 0 Å². The maximum Gasteiger partial charge on any atom is 0.248 e. The molecule has 2 aromatic carbocycles. The zero-order chi connectivity index (χ0) is 14.3. The number of halogens is 1. The number of hydrogen-bond donors (Lipinski definition) is 1. The molecule has 2 aromatic rings. The molecule has 1 atom stereocenters. The fourth-order valence-corrected chi connectivity index (χ4v) is 3.16. The molecule has 0 saturated carbocycles. The van der Waals surface area contributed by atoms with Gasteiger partial charge in [-0.2, -0.15) is 0 Å². The molecule has 102 valence electrons. The normalized spacial score (nSPS) is 17.4. The zero-order valence-corrected chi connectivity index (χ0v) is 11.7. The first-order valence-electron chi connectivity index (χ1n) is 6.17. The lowest BCUT2D eigenvalue weighted by molar-refractivity contribution is -0.118. The van der Waals surface area contributed by atoms with Crippen LogP contribution in [0.2, 0.25) is 0 Å². The molecular weight excluding hydrogens is 275 g/mol. The molecule has 0 aliphatic carbocycles. The Hall–Kier alpha value is -1.85. The fraction of sp³-hybridized carbons (Fsp3) is 0.133. The zero-order valence-electron chi connectivity index (χ0n) is 10.8. The molecule has 0 bridgehead atoms. The number of amides is 1. The smallest absolute Gasteiger partial charge is 0.248 e. The topological polar surface area (TPSA) is 46.3 Å². The number of carbonyl (C=O) groups excluding carboxylic acids is 1. The summed E-state index contributed by atoms with van der Waals surface area (Å²) in [5.74, 6) is -0.363. The average Bonchev–Trinajstić information content (AvgIpc) is 2.64. The molecule has 1 aliphatic rings. The number of carbonyl (C=O) groups is 1. The van der Waals surface area contributed by atoms with Crippen molar-refractivity contribution < 1.29 is 9.18 Å².